The van der Waals surface area contributed by atoms with E-state index in [0.717, 1.165) is 0 Å². The smallest absolute Gasteiger partial charge is 1.00 e. The van der Waals surface area contributed by atoms with Crippen LogP contribution in [-0.2, 0) is 3.10 Å². The second-order valence-electron chi connectivity index (χ2n) is 0.217. The van der Waals surface area contributed by atoms with E-state index in [4.69, 9.17) is 10.0 Å². The average molecular weight is 233 g/mol. The SMILES string of the molecule is N.O=[Te]([O-])O.[K+]. The molecule has 0 saturated heterocycles. The van der Waals surface area contributed by atoms with Crippen LogP contribution in [0.4, 0.5) is 0 Å². The van der Waals surface area contributed by atoms with E-state index < -0.39 is 20.4 Å². The maximum atomic E-state index is 8.70. The molecule has 0 saturated carbocycles. The minimum Gasteiger partial charge on any atom is 1.00 e. The Labute approximate surface area is 86.0 Å². The molecule has 0 spiro atoms. The summed E-state index contributed by atoms with van der Waals surface area (Å²) in [5.41, 5.74) is 0. The Hall–Kier alpha value is 2.11. The van der Waals surface area contributed by atoms with E-state index in [2.05, 4.69) is 0 Å². The largest absolute Gasteiger partial charge is 1.00 e. The molecule has 4 nitrogen and oxygen atoms in total. The second-order valence-corrected chi connectivity index (χ2v) is 1.46. The van der Waals surface area contributed by atoms with E-state index in [1.54, 1.807) is 0 Å². The van der Waals surface area contributed by atoms with Crippen molar-refractivity contribution in [3.8, 4) is 0 Å². The first-order valence-corrected chi connectivity index (χ1v) is 3.46. The molecule has 0 atom stereocenters. The molecule has 6 heteroatoms. The van der Waals surface area contributed by atoms with Gasteiger partial charge in [0.1, 0.15) is 0 Å². The van der Waals surface area contributed by atoms with Crippen molar-refractivity contribution >= 4 is 20.4 Å². The van der Waals surface area contributed by atoms with E-state index >= 15 is 0 Å². The fourth-order valence-electron chi connectivity index (χ4n) is 0. The molecule has 0 amide bonds. The van der Waals surface area contributed by atoms with Crippen molar-refractivity contribution in [3.05, 3.63) is 0 Å². The fraction of sp³-hybridized carbons (Fsp3) is 0. The molecule has 0 rings (SSSR count). The topological polar surface area (TPSA) is 95.4 Å². The third-order valence-corrected chi connectivity index (χ3v) is 0. The summed E-state index contributed by atoms with van der Waals surface area (Å²) >= 11 is -3.86. The van der Waals surface area contributed by atoms with Crippen LogP contribution in [0.5, 0.6) is 0 Å². The van der Waals surface area contributed by atoms with Gasteiger partial charge in [0.25, 0.3) is 0 Å². The normalized spacial score (nSPS) is 5.83. The molecule has 0 aromatic heterocycles. The van der Waals surface area contributed by atoms with Crippen LogP contribution in [0, 0.1) is 0 Å². The zero-order valence-corrected chi connectivity index (χ0v) is 8.83. The van der Waals surface area contributed by atoms with E-state index in [-0.39, 0.29) is 57.5 Å². The molecule has 0 aliphatic rings. The molecule has 0 aromatic rings. The zero-order chi connectivity index (χ0) is 3.58. The molecule has 0 radical (unpaired) electrons. The van der Waals surface area contributed by atoms with Crippen LogP contribution in [0.1, 0.15) is 0 Å². The van der Waals surface area contributed by atoms with Crippen LogP contribution < -0.4 is 61.0 Å². The molecule has 0 fully saturated rings. The molecule has 0 unspecified atom stereocenters. The van der Waals surface area contributed by atoms with E-state index in [9.17, 15) is 0 Å². The number of hydrogen-bond acceptors (Lipinski definition) is 3. The summed E-state index contributed by atoms with van der Waals surface area (Å²) in [6.45, 7) is 0. The van der Waals surface area contributed by atoms with Gasteiger partial charge in [-0.2, -0.15) is 0 Å². The van der Waals surface area contributed by atoms with Crippen LogP contribution in [0.3, 0.4) is 0 Å². The Morgan fingerprint density at radius 1 is 1.67 bits per heavy atom. The van der Waals surface area contributed by atoms with Crippen molar-refractivity contribution in [3.63, 3.8) is 0 Å². The van der Waals surface area contributed by atoms with Gasteiger partial charge in [0.2, 0.25) is 0 Å². The van der Waals surface area contributed by atoms with Gasteiger partial charge in [-0.3, -0.25) is 0 Å². The van der Waals surface area contributed by atoms with Gasteiger partial charge in [0.15, 0.2) is 0 Å². The van der Waals surface area contributed by atoms with E-state index in [0.29, 0.717) is 0 Å². The first-order valence-electron chi connectivity index (χ1n) is 0.516. The van der Waals surface area contributed by atoms with Crippen LogP contribution in [0.25, 0.3) is 0 Å². The van der Waals surface area contributed by atoms with Gasteiger partial charge in [0.05, 0.1) is 0 Å². The predicted molar refractivity (Wildman–Crippen MR) is 13.7 cm³/mol. The number of rotatable bonds is 0. The first kappa shape index (κ1) is 15.7. The quantitative estimate of drug-likeness (QED) is 0.409. The second kappa shape index (κ2) is 10.2. The summed E-state index contributed by atoms with van der Waals surface area (Å²) in [6.07, 6.45) is 0. The minimum absolute atomic E-state index is 0. The van der Waals surface area contributed by atoms with Crippen LogP contribution in [0.15, 0.2) is 0 Å². The van der Waals surface area contributed by atoms with Crippen molar-refractivity contribution < 1.29 is 61.4 Å². The summed E-state index contributed by atoms with van der Waals surface area (Å²) < 4.78 is 24.5. The molecule has 0 aromatic carbocycles. The molecule has 6 heavy (non-hydrogen) atoms. The molecule has 4 N–H and O–H groups in total. The van der Waals surface area contributed by atoms with Gasteiger partial charge in [-0.15, -0.1) is 0 Å². The summed E-state index contributed by atoms with van der Waals surface area (Å²) in [4.78, 5) is 0. The fourth-order valence-corrected chi connectivity index (χ4v) is 0. The van der Waals surface area contributed by atoms with Gasteiger partial charge in [-0.05, 0) is 0 Å². The van der Waals surface area contributed by atoms with Crippen molar-refractivity contribution in [2.24, 2.45) is 0 Å². The molecule has 0 aliphatic heterocycles. The summed E-state index contributed by atoms with van der Waals surface area (Å²) in [6, 6.07) is 0. The Bertz CT molecular complexity index is 33.8. The molecular weight excluding hydrogens is 229 g/mol. The third kappa shape index (κ3) is 35.9. The van der Waals surface area contributed by atoms with Crippen molar-refractivity contribution in [1.29, 1.82) is 0 Å². The van der Waals surface area contributed by atoms with Gasteiger partial charge in [0, 0.05) is 0 Å². The van der Waals surface area contributed by atoms with Crippen LogP contribution >= 0.6 is 0 Å². The summed E-state index contributed by atoms with van der Waals surface area (Å²) in [5.74, 6) is 0. The first-order chi connectivity index (χ1) is 1.73. The van der Waals surface area contributed by atoms with Gasteiger partial charge in [-0.25, -0.2) is 0 Å². The van der Waals surface area contributed by atoms with Crippen LogP contribution in [-0.4, -0.2) is 23.8 Å². The predicted octanol–water partition coefficient (Wildman–Crippen LogP) is -5.08. The van der Waals surface area contributed by atoms with Crippen molar-refractivity contribution in [2.45, 2.75) is 0 Å². The van der Waals surface area contributed by atoms with Gasteiger partial charge in [-0.1, -0.05) is 0 Å². The molecule has 34 valence electrons. The van der Waals surface area contributed by atoms with Crippen LogP contribution in [0.2, 0.25) is 0 Å². The number of hydrogen-bond donors (Lipinski definition) is 2. The van der Waals surface area contributed by atoms with E-state index in [1.807, 2.05) is 0 Å². The zero-order valence-electron chi connectivity index (χ0n) is 3.38. The summed E-state index contributed by atoms with van der Waals surface area (Å²) in [7, 11) is 0. The molecular formula is H4KNO3Te. The standard InChI is InChI=1S/K.H3N.H2O3Te/c;;1-4(2)3/h;1H3;(H2,1,2,3)/q+1;;/p-1. The molecule has 0 heterocycles. The van der Waals surface area contributed by atoms with Crippen molar-refractivity contribution in [1.82, 2.24) is 6.15 Å². The maximum absolute atomic E-state index is 8.70. The minimum atomic E-state index is -3.86. The van der Waals surface area contributed by atoms with Gasteiger partial charge >= 0.3 is 81.8 Å². The van der Waals surface area contributed by atoms with E-state index in [1.165, 1.54) is 0 Å². The Morgan fingerprint density at radius 2 is 1.67 bits per heavy atom. The maximum Gasteiger partial charge on any atom is 1.00 e. The summed E-state index contributed by atoms with van der Waals surface area (Å²) in [5, 5.41) is 0. The van der Waals surface area contributed by atoms with Gasteiger partial charge < -0.3 is 6.15 Å². The Morgan fingerprint density at radius 3 is 1.67 bits per heavy atom. The molecule has 0 aliphatic carbocycles. The van der Waals surface area contributed by atoms with Crippen molar-refractivity contribution in [2.75, 3.05) is 0 Å². The average Bonchev–Trinajstić information content (AvgIpc) is 0.811. The Kier molecular flexibility index (Phi) is 26.6. The Balaban J connectivity index is -0.0000000450. The molecule has 0 bridgehead atoms. The third-order valence-electron chi connectivity index (χ3n) is 0. The monoisotopic (exact) mass is 235 g/mol.